The molecule has 0 aromatic heterocycles. The Morgan fingerprint density at radius 2 is 2.07 bits per heavy atom. The van der Waals surface area contributed by atoms with Gasteiger partial charge in [-0.15, -0.1) is 0 Å². The van der Waals surface area contributed by atoms with Crippen molar-refractivity contribution >= 4 is 21.8 Å². The van der Waals surface area contributed by atoms with E-state index in [-0.39, 0.29) is 29.7 Å². The number of methoxy groups -OCH3 is 1. The van der Waals surface area contributed by atoms with Gasteiger partial charge in [0.05, 0.1) is 18.9 Å². The minimum absolute atomic E-state index is 0.0533. The minimum atomic E-state index is -3.54. The standard InChI is InChI=1S/C18H23N3O5S/c1-26-15-4-2-3-12(9-15)17(22)19-13-10-16-18(23)21(14-5-6-14)27(24,25)8-7-20(16)11-13/h2-4,9,13-14,16H,5-8,10-11H2,1H3,(H,19,22)/t13-,16-/m0/s1. The molecule has 4 rings (SSSR count). The fraction of sp³-hybridized carbons (Fsp3) is 0.556. The van der Waals surface area contributed by atoms with Crippen molar-refractivity contribution in [3.05, 3.63) is 29.8 Å². The summed E-state index contributed by atoms with van der Waals surface area (Å²) in [5.41, 5.74) is 0.491. The molecule has 1 aromatic carbocycles. The maximum absolute atomic E-state index is 12.9. The van der Waals surface area contributed by atoms with E-state index in [1.807, 2.05) is 4.90 Å². The van der Waals surface area contributed by atoms with Crippen LogP contribution in [0.4, 0.5) is 0 Å². The number of nitrogens with zero attached hydrogens (tertiary/aromatic N) is 2. The zero-order valence-corrected chi connectivity index (χ0v) is 15.9. The Hall–Kier alpha value is -2.13. The Balaban J connectivity index is 1.46. The fourth-order valence-electron chi connectivity index (χ4n) is 3.88. The maximum Gasteiger partial charge on any atom is 0.253 e. The van der Waals surface area contributed by atoms with Crippen molar-refractivity contribution in [3.63, 3.8) is 0 Å². The second-order valence-electron chi connectivity index (χ2n) is 7.33. The molecule has 2 heterocycles. The van der Waals surface area contributed by atoms with Crippen LogP contribution in [0.2, 0.25) is 0 Å². The molecule has 27 heavy (non-hydrogen) atoms. The van der Waals surface area contributed by atoms with E-state index < -0.39 is 16.1 Å². The van der Waals surface area contributed by atoms with Crippen molar-refractivity contribution in [2.45, 2.75) is 37.4 Å². The molecule has 3 aliphatic rings. The molecule has 0 spiro atoms. The van der Waals surface area contributed by atoms with Crippen LogP contribution in [0.25, 0.3) is 0 Å². The number of amides is 2. The van der Waals surface area contributed by atoms with Crippen molar-refractivity contribution in [1.29, 1.82) is 0 Å². The number of rotatable bonds is 4. The molecule has 2 aliphatic heterocycles. The minimum Gasteiger partial charge on any atom is -0.497 e. The molecule has 0 unspecified atom stereocenters. The van der Waals surface area contributed by atoms with Gasteiger partial charge in [-0.25, -0.2) is 12.7 Å². The summed E-state index contributed by atoms with van der Waals surface area (Å²) in [5.74, 6) is -0.0188. The van der Waals surface area contributed by atoms with Gasteiger partial charge >= 0.3 is 0 Å². The molecule has 3 fully saturated rings. The van der Waals surface area contributed by atoms with Gasteiger partial charge in [-0.05, 0) is 37.5 Å². The quantitative estimate of drug-likeness (QED) is 0.785. The molecule has 9 heteroatoms. The third-order valence-corrected chi connectivity index (χ3v) is 7.16. The van der Waals surface area contributed by atoms with Crippen LogP contribution in [0.5, 0.6) is 5.75 Å². The van der Waals surface area contributed by atoms with E-state index in [9.17, 15) is 18.0 Å². The molecule has 2 amide bonds. The highest BCUT2D eigenvalue weighted by atomic mass is 32.2. The smallest absolute Gasteiger partial charge is 0.253 e. The summed E-state index contributed by atoms with van der Waals surface area (Å²) in [4.78, 5) is 27.3. The first-order chi connectivity index (χ1) is 12.9. The normalized spacial score (nSPS) is 27.7. The van der Waals surface area contributed by atoms with Crippen LogP contribution in [0, 0.1) is 0 Å². The number of sulfonamides is 1. The van der Waals surface area contributed by atoms with E-state index in [1.54, 1.807) is 31.4 Å². The van der Waals surface area contributed by atoms with Crippen molar-refractivity contribution in [3.8, 4) is 5.75 Å². The van der Waals surface area contributed by atoms with Crippen LogP contribution in [-0.2, 0) is 14.8 Å². The van der Waals surface area contributed by atoms with E-state index in [0.29, 0.717) is 30.8 Å². The highest BCUT2D eigenvalue weighted by molar-refractivity contribution is 7.89. The molecule has 2 atom stereocenters. The van der Waals surface area contributed by atoms with Gasteiger partial charge in [0.15, 0.2) is 0 Å². The van der Waals surface area contributed by atoms with Gasteiger partial charge in [0, 0.05) is 30.7 Å². The average Bonchev–Trinajstić information content (AvgIpc) is 3.39. The molecule has 1 saturated carbocycles. The number of fused-ring (bicyclic) bond motifs is 1. The lowest BCUT2D eigenvalue weighted by molar-refractivity contribution is -0.130. The maximum atomic E-state index is 12.9. The summed E-state index contributed by atoms with van der Waals surface area (Å²) in [6.07, 6.45) is 1.91. The molecule has 1 aliphatic carbocycles. The summed E-state index contributed by atoms with van der Waals surface area (Å²) < 4.78 is 31.1. The number of ether oxygens (including phenoxy) is 1. The van der Waals surface area contributed by atoms with Crippen LogP contribution in [-0.4, -0.2) is 73.5 Å². The molecule has 0 bridgehead atoms. The fourth-order valence-corrected chi connectivity index (χ4v) is 5.60. The summed E-state index contributed by atoms with van der Waals surface area (Å²) >= 11 is 0. The Bertz CT molecular complexity index is 868. The molecule has 8 nitrogen and oxygen atoms in total. The van der Waals surface area contributed by atoms with Crippen LogP contribution >= 0.6 is 0 Å². The van der Waals surface area contributed by atoms with Crippen molar-refractivity contribution < 1.29 is 22.7 Å². The van der Waals surface area contributed by atoms with Gasteiger partial charge in [-0.2, -0.15) is 0 Å². The first kappa shape index (κ1) is 18.2. The lowest BCUT2D eigenvalue weighted by Crippen LogP contribution is -2.45. The van der Waals surface area contributed by atoms with Gasteiger partial charge in [0.1, 0.15) is 5.75 Å². The Morgan fingerprint density at radius 1 is 1.30 bits per heavy atom. The number of nitrogens with one attached hydrogen (secondary N) is 1. The second kappa shape index (κ2) is 6.79. The number of carbonyl (C=O) groups is 2. The topological polar surface area (TPSA) is 96.0 Å². The Kier molecular flexibility index (Phi) is 4.59. The van der Waals surface area contributed by atoms with Gasteiger partial charge < -0.3 is 10.1 Å². The van der Waals surface area contributed by atoms with Crippen molar-refractivity contribution in [2.75, 3.05) is 26.0 Å². The first-order valence-corrected chi connectivity index (χ1v) is 10.7. The van der Waals surface area contributed by atoms with Crippen molar-refractivity contribution in [1.82, 2.24) is 14.5 Å². The molecule has 0 radical (unpaired) electrons. The van der Waals surface area contributed by atoms with Crippen LogP contribution in [0.3, 0.4) is 0 Å². The number of hydrogen-bond acceptors (Lipinski definition) is 6. The predicted octanol–water partition coefficient (Wildman–Crippen LogP) is 0.202. The van der Waals surface area contributed by atoms with E-state index in [0.717, 1.165) is 17.1 Å². The summed E-state index contributed by atoms with van der Waals surface area (Å²) in [6.45, 7) is 0.785. The predicted molar refractivity (Wildman–Crippen MR) is 97.9 cm³/mol. The van der Waals surface area contributed by atoms with E-state index in [2.05, 4.69) is 5.32 Å². The number of hydrogen-bond donors (Lipinski definition) is 1. The average molecular weight is 393 g/mol. The second-order valence-corrected chi connectivity index (χ2v) is 9.30. The van der Waals surface area contributed by atoms with Gasteiger partial charge in [-0.3, -0.25) is 14.5 Å². The van der Waals surface area contributed by atoms with Crippen LogP contribution in [0.15, 0.2) is 24.3 Å². The molecule has 2 saturated heterocycles. The van der Waals surface area contributed by atoms with Gasteiger partial charge in [0.2, 0.25) is 10.0 Å². The number of benzene rings is 1. The summed E-state index contributed by atoms with van der Waals surface area (Å²) in [5, 5.41) is 2.97. The third kappa shape index (κ3) is 3.53. The highest BCUT2D eigenvalue weighted by Gasteiger charge is 2.49. The van der Waals surface area contributed by atoms with E-state index in [1.165, 1.54) is 0 Å². The molecule has 1 N–H and O–H groups in total. The molecular weight excluding hydrogens is 370 g/mol. The lowest BCUT2D eigenvalue weighted by atomic mass is 10.1. The monoisotopic (exact) mass is 393 g/mol. The van der Waals surface area contributed by atoms with E-state index in [4.69, 9.17) is 4.74 Å². The third-order valence-electron chi connectivity index (χ3n) is 5.39. The zero-order valence-electron chi connectivity index (χ0n) is 15.1. The highest BCUT2D eigenvalue weighted by Crippen LogP contribution is 2.34. The van der Waals surface area contributed by atoms with Gasteiger partial charge in [0.25, 0.3) is 11.8 Å². The van der Waals surface area contributed by atoms with E-state index >= 15 is 0 Å². The van der Waals surface area contributed by atoms with Crippen LogP contribution < -0.4 is 10.1 Å². The zero-order chi connectivity index (χ0) is 19.2. The Morgan fingerprint density at radius 3 is 2.78 bits per heavy atom. The lowest BCUT2D eigenvalue weighted by Gasteiger charge is -2.23. The molecule has 1 aromatic rings. The molecule has 146 valence electrons. The molecular formula is C18H23N3O5S. The SMILES string of the molecule is COc1cccc(C(=O)N[C@H]2C[C@H]3C(=O)N(C4CC4)S(=O)(=O)CCN3C2)c1. The first-order valence-electron chi connectivity index (χ1n) is 9.14. The van der Waals surface area contributed by atoms with Gasteiger partial charge in [-0.1, -0.05) is 6.07 Å². The summed E-state index contributed by atoms with van der Waals surface area (Å²) in [7, 11) is -2.00. The van der Waals surface area contributed by atoms with Crippen molar-refractivity contribution in [2.24, 2.45) is 0 Å². The summed E-state index contributed by atoms with van der Waals surface area (Å²) in [6, 6.07) is 6.03. The largest absolute Gasteiger partial charge is 0.497 e. The Labute approximate surface area is 158 Å². The van der Waals surface area contributed by atoms with Crippen LogP contribution in [0.1, 0.15) is 29.6 Å². The number of carbonyl (C=O) groups excluding carboxylic acids is 2.